The molecule has 0 aliphatic carbocycles. The number of benzene rings is 2. The second-order valence-electron chi connectivity index (χ2n) is 5.55. The molecule has 27 heavy (non-hydrogen) atoms. The number of fused-ring (bicyclic) bond motifs is 1. The maximum atomic E-state index is 8.91. The number of anilines is 1. The normalized spacial score (nSPS) is 11.9. The summed E-state index contributed by atoms with van der Waals surface area (Å²) in [4.78, 5) is 0. The fourth-order valence-electron chi connectivity index (χ4n) is 2.39. The Morgan fingerprint density at radius 2 is 2.19 bits per heavy atom. The first-order valence-electron chi connectivity index (χ1n) is 8.23. The molecule has 8 heteroatoms. The van der Waals surface area contributed by atoms with Crippen LogP contribution in [-0.2, 0) is 0 Å². The Morgan fingerprint density at radius 3 is 3.00 bits per heavy atom. The van der Waals surface area contributed by atoms with Crippen LogP contribution in [0, 0.1) is 11.3 Å². The summed E-state index contributed by atoms with van der Waals surface area (Å²) in [6.07, 6.45) is 1.96. The zero-order valence-corrected chi connectivity index (χ0v) is 15.5. The van der Waals surface area contributed by atoms with Gasteiger partial charge in [0.05, 0.1) is 32.4 Å². The molecule has 0 spiro atoms. The second kappa shape index (κ2) is 8.87. The van der Waals surface area contributed by atoms with Crippen LogP contribution in [0.3, 0.4) is 0 Å². The maximum absolute atomic E-state index is 8.91. The summed E-state index contributed by atoms with van der Waals surface area (Å²) >= 11 is 5.45. The molecule has 0 aromatic heterocycles. The highest BCUT2D eigenvalue weighted by atomic mass is 32.1. The Kier molecular flexibility index (Phi) is 6.07. The van der Waals surface area contributed by atoms with E-state index in [4.69, 9.17) is 31.7 Å². The molecular weight excluding hydrogens is 364 g/mol. The minimum absolute atomic E-state index is 0.221. The third-order valence-corrected chi connectivity index (χ3v) is 4.05. The van der Waals surface area contributed by atoms with Crippen molar-refractivity contribution in [1.82, 2.24) is 5.01 Å². The predicted molar refractivity (Wildman–Crippen MR) is 106 cm³/mol. The van der Waals surface area contributed by atoms with E-state index in [9.17, 15) is 0 Å². The first kappa shape index (κ1) is 18.5. The molecule has 138 valence electrons. The SMILES string of the molecule is COc1cccc(NC(=S)N(CCC#N)/N=C\c2ccc3c(c2)OCO3)c1. The van der Waals surface area contributed by atoms with Crippen LogP contribution in [0.25, 0.3) is 0 Å². The summed E-state index contributed by atoms with van der Waals surface area (Å²) in [5.74, 6) is 2.11. The fraction of sp³-hybridized carbons (Fsp3) is 0.211. The number of nitriles is 1. The van der Waals surface area contributed by atoms with Gasteiger partial charge in [-0.15, -0.1) is 0 Å². The molecule has 3 rings (SSSR count). The summed E-state index contributed by atoms with van der Waals surface area (Å²) in [7, 11) is 1.60. The maximum Gasteiger partial charge on any atom is 0.231 e. The largest absolute Gasteiger partial charge is 0.497 e. The van der Waals surface area contributed by atoms with Crippen LogP contribution in [0.2, 0.25) is 0 Å². The van der Waals surface area contributed by atoms with Crippen molar-refractivity contribution in [2.24, 2.45) is 5.10 Å². The van der Waals surface area contributed by atoms with Gasteiger partial charge in [0.2, 0.25) is 6.79 Å². The molecule has 0 atom stereocenters. The van der Waals surface area contributed by atoms with Gasteiger partial charge in [-0.2, -0.15) is 10.4 Å². The lowest BCUT2D eigenvalue weighted by atomic mass is 10.2. The number of nitrogens with one attached hydrogen (secondary N) is 1. The molecule has 0 radical (unpaired) electrons. The van der Waals surface area contributed by atoms with Crippen LogP contribution in [0.15, 0.2) is 47.6 Å². The lowest BCUT2D eigenvalue weighted by molar-refractivity contribution is 0.174. The molecule has 0 bridgehead atoms. The Bertz CT molecular complexity index is 895. The number of nitrogens with zero attached hydrogens (tertiary/aromatic N) is 3. The van der Waals surface area contributed by atoms with Crippen LogP contribution in [-0.4, -0.2) is 36.8 Å². The monoisotopic (exact) mass is 382 g/mol. The molecule has 1 aliphatic rings. The lowest BCUT2D eigenvalue weighted by Gasteiger charge is -2.20. The van der Waals surface area contributed by atoms with Gasteiger partial charge in [0, 0.05) is 11.8 Å². The summed E-state index contributed by atoms with van der Waals surface area (Å²) in [5.41, 5.74) is 1.62. The molecule has 7 nitrogen and oxygen atoms in total. The molecule has 0 saturated carbocycles. The number of hydrazone groups is 1. The summed E-state index contributed by atoms with van der Waals surface area (Å²) < 4.78 is 15.9. The average Bonchev–Trinajstić information content (AvgIpc) is 3.16. The molecule has 1 heterocycles. The van der Waals surface area contributed by atoms with Crippen molar-refractivity contribution < 1.29 is 14.2 Å². The predicted octanol–water partition coefficient (Wildman–Crippen LogP) is 3.37. The number of ether oxygens (including phenoxy) is 3. The molecule has 0 saturated heterocycles. The summed E-state index contributed by atoms with van der Waals surface area (Å²) in [6, 6.07) is 15.1. The van der Waals surface area contributed by atoms with Gasteiger partial charge in [0.1, 0.15) is 5.75 Å². The number of hydrogen-bond acceptors (Lipinski definition) is 6. The minimum Gasteiger partial charge on any atom is -0.497 e. The van der Waals surface area contributed by atoms with E-state index in [0.29, 0.717) is 29.6 Å². The van der Waals surface area contributed by atoms with E-state index in [1.54, 1.807) is 18.3 Å². The van der Waals surface area contributed by atoms with E-state index >= 15 is 0 Å². The van der Waals surface area contributed by atoms with E-state index in [1.807, 2.05) is 42.5 Å². The van der Waals surface area contributed by atoms with E-state index in [-0.39, 0.29) is 6.79 Å². The van der Waals surface area contributed by atoms with Gasteiger partial charge >= 0.3 is 0 Å². The number of hydrogen-bond donors (Lipinski definition) is 1. The Labute approximate surface area is 162 Å². The van der Waals surface area contributed by atoms with Crippen LogP contribution >= 0.6 is 12.2 Å². The summed E-state index contributed by atoms with van der Waals surface area (Å²) in [5, 5.41) is 18.4. The van der Waals surface area contributed by atoms with E-state index in [1.165, 1.54) is 0 Å². The Hall–Kier alpha value is -3.31. The van der Waals surface area contributed by atoms with Crippen molar-refractivity contribution in [2.45, 2.75) is 6.42 Å². The average molecular weight is 382 g/mol. The molecular formula is C19H18N4O3S. The topological polar surface area (TPSA) is 79.1 Å². The fourth-order valence-corrected chi connectivity index (χ4v) is 2.64. The van der Waals surface area contributed by atoms with Gasteiger partial charge in [0.25, 0.3) is 0 Å². The lowest BCUT2D eigenvalue weighted by Crippen LogP contribution is -2.31. The van der Waals surface area contributed by atoms with E-state index in [0.717, 1.165) is 17.0 Å². The van der Waals surface area contributed by atoms with Crippen LogP contribution in [0.1, 0.15) is 12.0 Å². The molecule has 0 unspecified atom stereocenters. The standard InChI is InChI=1S/C19H18N4O3S/c1-24-16-5-2-4-15(11-16)22-19(27)23(9-3-8-20)21-12-14-6-7-17-18(10-14)26-13-25-17/h2,4-7,10-12H,3,9,13H2,1H3,(H,22,27)/b21-12-. The number of thiocarbonyl (C=S) groups is 1. The van der Waals surface area contributed by atoms with Crippen LogP contribution in [0.4, 0.5) is 5.69 Å². The third kappa shape index (κ3) is 4.86. The molecule has 0 fully saturated rings. The van der Waals surface area contributed by atoms with Crippen molar-refractivity contribution in [3.05, 3.63) is 48.0 Å². The van der Waals surface area contributed by atoms with Gasteiger partial charge in [-0.1, -0.05) is 6.07 Å². The van der Waals surface area contributed by atoms with Crippen LogP contribution in [0.5, 0.6) is 17.2 Å². The summed E-state index contributed by atoms with van der Waals surface area (Å²) in [6.45, 7) is 0.589. The molecule has 0 amide bonds. The zero-order valence-electron chi connectivity index (χ0n) is 14.7. The Morgan fingerprint density at radius 1 is 1.33 bits per heavy atom. The van der Waals surface area contributed by atoms with Gasteiger partial charge in [-0.25, -0.2) is 5.01 Å². The quantitative estimate of drug-likeness (QED) is 0.466. The van der Waals surface area contributed by atoms with Crippen molar-refractivity contribution in [3.63, 3.8) is 0 Å². The Balaban J connectivity index is 1.72. The van der Waals surface area contributed by atoms with Gasteiger partial charge in [-0.05, 0) is 48.1 Å². The first-order valence-corrected chi connectivity index (χ1v) is 8.63. The second-order valence-corrected chi connectivity index (χ2v) is 5.94. The molecule has 1 N–H and O–H groups in total. The highest BCUT2D eigenvalue weighted by Crippen LogP contribution is 2.32. The van der Waals surface area contributed by atoms with E-state index in [2.05, 4.69) is 16.5 Å². The van der Waals surface area contributed by atoms with Crippen molar-refractivity contribution >= 4 is 29.2 Å². The van der Waals surface area contributed by atoms with Crippen molar-refractivity contribution in [1.29, 1.82) is 5.26 Å². The number of rotatable bonds is 6. The molecule has 2 aromatic rings. The minimum atomic E-state index is 0.221. The molecule has 2 aromatic carbocycles. The zero-order chi connectivity index (χ0) is 19.1. The van der Waals surface area contributed by atoms with Crippen molar-refractivity contribution in [3.8, 4) is 23.3 Å². The smallest absolute Gasteiger partial charge is 0.231 e. The molecule has 1 aliphatic heterocycles. The highest BCUT2D eigenvalue weighted by Gasteiger charge is 2.13. The van der Waals surface area contributed by atoms with E-state index < -0.39 is 0 Å². The first-order chi connectivity index (χ1) is 13.2. The van der Waals surface area contributed by atoms with Gasteiger partial charge in [-0.3, -0.25) is 0 Å². The van der Waals surface area contributed by atoms with Crippen LogP contribution < -0.4 is 19.5 Å². The van der Waals surface area contributed by atoms with Gasteiger partial charge in [0.15, 0.2) is 16.6 Å². The van der Waals surface area contributed by atoms with Gasteiger partial charge < -0.3 is 19.5 Å². The van der Waals surface area contributed by atoms with Crippen molar-refractivity contribution in [2.75, 3.05) is 25.8 Å². The number of methoxy groups -OCH3 is 1. The highest BCUT2D eigenvalue weighted by molar-refractivity contribution is 7.80. The third-order valence-electron chi connectivity index (χ3n) is 3.73.